The monoisotopic (exact) mass is 247 g/mol. The normalized spacial score (nSPS) is 18.1. The standard InChI is InChI=1S/C9H15NO3P2/c1-14(2,12)9(11)15(3,13)8-6-4-5-7-10-8/h4-7,9,11H,1-3H3. The van der Waals surface area contributed by atoms with Gasteiger partial charge in [0.1, 0.15) is 12.6 Å². The number of aromatic nitrogens is 1. The molecule has 1 N–H and O–H groups in total. The van der Waals surface area contributed by atoms with Crippen LogP contribution in [0.5, 0.6) is 0 Å². The average Bonchev–Trinajstić information content (AvgIpc) is 2.16. The number of rotatable bonds is 3. The van der Waals surface area contributed by atoms with Crippen LogP contribution < -0.4 is 5.44 Å². The maximum atomic E-state index is 12.3. The van der Waals surface area contributed by atoms with E-state index in [4.69, 9.17) is 0 Å². The summed E-state index contributed by atoms with van der Waals surface area (Å²) in [6.07, 6.45) is 1.51. The van der Waals surface area contributed by atoms with E-state index in [2.05, 4.69) is 4.98 Å². The molecule has 0 aliphatic heterocycles. The molecule has 0 radical (unpaired) electrons. The van der Waals surface area contributed by atoms with E-state index in [0.717, 1.165) is 0 Å². The van der Waals surface area contributed by atoms with Crippen LogP contribution in [0.2, 0.25) is 0 Å². The molecule has 0 saturated carbocycles. The summed E-state index contributed by atoms with van der Waals surface area (Å²) in [5, 5.41) is 9.80. The summed E-state index contributed by atoms with van der Waals surface area (Å²) in [7, 11) is -5.87. The Bertz CT molecular complexity index is 426. The third kappa shape index (κ3) is 2.78. The molecular formula is C9H15NO3P2. The molecule has 2 atom stereocenters. The zero-order valence-electron chi connectivity index (χ0n) is 8.99. The second-order valence-corrected chi connectivity index (χ2v) is 10.7. The Hall–Kier alpha value is -0.430. The molecule has 1 aromatic rings. The number of aliphatic hydroxyl groups is 1. The molecular weight excluding hydrogens is 232 g/mol. The van der Waals surface area contributed by atoms with Crippen molar-refractivity contribution in [3.8, 4) is 0 Å². The fraction of sp³-hybridized carbons (Fsp3) is 0.444. The summed E-state index contributed by atoms with van der Waals surface area (Å²) >= 11 is 0. The van der Waals surface area contributed by atoms with Crippen molar-refractivity contribution in [2.45, 2.75) is 5.59 Å². The van der Waals surface area contributed by atoms with Crippen LogP contribution in [0.4, 0.5) is 0 Å². The van der Waals surface area contributed by atoms with Crippen LogP contribution >= 0.6 is 14.3 Å². The van der Waals surface area contributed by atoms with Crippen LogP contribution in [0.25, 0.3) is 0 Å². The number of aliphatic hydroxyl groups excluding tert-OH is 1. The average molecular weight is 247 g/mol. The zero-order chi connectivity index (χ0) is 11.7. The molecule has 1 aromatic heterocycles. The molecule has 0 bridgehead atoms. The Morgan fingerprint density at radius 1 is 1.27 bits per heavy atom. The van der Waals surface area contributed by atoms with E-state index in [1.54, 1.807) is 18.2 Å². The predicted molar refractivity (Wildman–Crippen MR) is 62.9 cm³/mol. The fourth-order valence-electron chi connectivity index (χ4n) is 1.27. The largest absolute Gasteiger partial charge is 0.377 e. The maximum absolute atomic E-state index is 12.3. The summed E-state index contributed by atoms with van der Waals surface area (Å²) < 4.78 is 24.0. The van der Waals surface area contributed by atoms with Crippen molar-refractivity contribution in [1.82, 2.24) is 4.98 Å². The van der Waals surface area contributed by atoms with E-state index in [1.807, 2.05) is 0 Å². The third-order valence-electron chi connectivity index (χ3n) is 2.10. The van der Waals surface area contributed by atoms with Crippen LogP contribution in [0.15, 0.2) is 24.4 Å². The van der Waals surface area contributed by atoms with Gasteiger partial charge < -0.3 is 14.2 Å². The SMILES string of the molecule is CP(C)(=O)C(O)P(C)(=O)c1ccccn1. The number of hydrogen-bond acceptors (Lipinski definition) is 4. The van der Waals surface area contributed by atoms with E-state index in [0.29, 0.717) is 5.44 Å². The maximum Gasteiger partial charge on any atom is 0.164 e. The molecule has 0 aliphatic carbocycles. The molecule has 0 spiro atoms. The highest BCUT2D eigenvalue weighted by Gasteiger charge is 2.37. The zero-order valence-corrected chi connectivity index (χ0v) is 10.8. The van der Waals surface area contributed by atoms with Crippen molar-refractivity contribution < 1.29 is 14.2 Å². The molecule has 0 amide bonds. The summed E-state index contributed by atoms with van der Waals surface area (Å²) in [5.74, 6) is 0. The lowest BCUT2D eigenvalue weighted by molar-refractivity contribution is 0.316. The molecule has 4 nitrogen and oxygen atoms in total. The Morgan fingerprint density at radius 2 is 1.87 bits per heavy atom. The second-order valence-electron chi connectivity index (χ2n) is 3.96. The van der Waals surface area contributed by atoms with Crippen molar-refractivity contribution in [2.75, 3.05) is 20.0 Å². The van der Waals surface area contributed by atoms with Crippen LogP contribution in [-0.4, -0.2) is 35.7 Å². The summed E-state index contributed by atoms with van der Waals surface area (Å²) in [4.78, 5) is 3.94. The van der Waals surface area contributed by atoms with Gasteiger partial charge in [-0.1, -0.05) is 6.07 Å². The molecule has 6 heteroatoms. The Morgan fingerprint density at radius 3 is 2.27 bits per heavy atom. The van der Waals surface area contributed by atoms with E-state index in [1.165, 1.54) is 26.2 Å². The van der Waals surface area contributed by atoms with Gasteiger partial charge in [0.05, 0.1) is 0 Å². The highest BCUT2D eigenvalue weighted by Crippen LogP contribution is 2.60. The number of pyridine rings is 1. The van der Waals surface area contributed by atoms with Gasteiger partial charge in [-0.15, -0.1) is 0 Å². The topological polar surface area (TPSA) is 67.3 Å². The van der Waals surface area contributed by atoms with Crippen molar-refractivity contribution in [2.24, 2.45) is 0 Å². The molecule has 0 aliphatic rings. The molecule has 0 aromatic carbocycles. The van der Waals surface area contributed by atoms with E-state index in [-0.39, 0.29) is 0 Å². The summed E-state index contributed by atoms with van der Waals surface area (Å²) in [5.41, 5.74) is -0.985. The molecule has 84 valence electrons. The van der Waals surface area contributed by atoms with Gasteiger partial charge in [-0.25, -0.2) is 0 Å². The van der Waals surface area contributed by atoms with Gasteiger partial charge in [0.15, 0.2) is 12.7 Å². The van der Waals surface area contributed by atoms with E-state index >= 15 is 0 Å². The number of hydrogen-bond donors (Lipinski definition) is 1. The van der Waals surface area contributed by atoms with Crippen LogP contribution in [-0.2, 0) is 9.13 Å². The van der Waals surface area contributed by atoms with Crippen LogP contribution in [0.1, 0.15) is 0 Å². The van der Waals surface area contributed by atoms with Crippen LogP contribution in [0.3, 0.4) is 0 Å². The first kappa shape index (κ1) is 12.6. The highest BCUT2D eigenvalue weighted by molar-refractivity contribution is 7.84. The van der Waals surface area contributed by atoms with Crippen molar-refractivity contribution in [3.05, 3.63) is 24.4 Å². The Labute approximate surface area is 89.5 Å². The van der Waals surface area contributed by atoms with Gasteiger partial charge in [-0.2, -0.15) is 0 Å². The minimum absolute atomic E-state index is 0.321. The van der Waals surface area contributed by atoms with Gasteiger partial charge in [0, 0.05) is 6.20 Å². The smallest absolute Gasteiger partial charge is 0.164 e. The minimum atomic E-state index is -3.08. The quantitative estimate of drug-likeness (QED) is 0.824. The minimum Gasteiger partial charge on any atom is -0.377 e. The molecule has 1 heterocycles. The lowest BCUT2D eigenvalue weighted by atomic mass is 10.5. The van der Waals surface area contributed by atoms with E-state index in [9.17, 15) is 14.2 Å². The van der Waals surface area contributed by atoms with Crippen molar-refractivity contribution in [3.63, 3.8) is 0 Å². The van der Waals surface area contributed by atoms with Gasteiger partial charge in [-0.05, 0) is 32.1 Å². The van der Waals surface area contributed by atoms with Gasteiger partial charge in [-0.3, -0.25) is 4.98 Å². The highest BCUT2D eigenvalue weighted by atomic mass is 31.2. The van der Waals surface area contributed by atoms with Gasteiger partial charge in [0.2, 0.25) is 0 Å². The third-order valence-corrected chi connectivity index (χ3v) is 8.26. The molecule has 0 fully saturated rings. The lowest BCUT2D eigenvalue weighted by Crippen LogP contribution is -2.18. The summed E-state index contributed by atoms with van der Waals surface area (Å²) in [6.45, 7) is 4.27. The first-order valence-corrected chi connectivity index (χ1v) is 9.37. The summed E-state index contributed by atoms with van der Waals surface area (Å²) in [6, 6.07) is 4.98. The van der Waals surface area contributed by atoms with Crippen molar-refractivity contribution >= 4 is 19.7 Å². The van der Waals surface area contributed by atoms with E-state index < -0.39 is 19.9 Å². The van der Waals surface area contributed by atoms with Gasteiger partial charge in [0.25, 0.3) is 0 Å². The van der Waals surface area contributed by atoms with Crippen molar-refractivity contribution in [1.29, 1.82) is 0 Å². The molecule has 2 unspecified atom stereocenters. The van der Waals surface area contributed by atoms with Gasteiger partial charge >= 0.3 is 0 Å². The molecule has 0 saturated heterocycles. The lowest BCUT2D eigenvalue weighted by Gasteiger charge is -2.22. The fourth-order valence-corrected chi connectivity index (χ4v) is 6.78. The Kier molecular flexibility index (Phi) is 3.55. The van der Waals surface area contributed by atoms with Crippen LogP contribution in [0, 0.1) is 0 Å². The first-order chi connectivity index (χ1) is 6.76. The number of nitrogens with zero attached hydrogens (tertiary/aromatic N) is 1. The predicted octanol–water partition coefficient (Wildman–Crippen LogP) is 1.60. The second kappa shape index (κ2) is 4.21. The molecule has 15 heavy (non-hydrogen) atoms. The Balaban J connectivity index is 3.15. The first-order valence-electron chi connectivity index (χ1n) is 4.48. The molecule has 1 rings (SSSR count).